The molecule has 5 nitrogen and oxygen atoms in total. The number of carboxylic acid groups (broad SMARTS) is 1. The highest BCUT2D eigenvalue weighted by Crippen LogP contribution is 2.32. The molecule has 0 saturated carbocycles. The summed E-state index contributed by atoms with van der Waals surface area (Å²) in [5.74, 6) is -0.220. The van der Waals surface area contributed by atoms with Crippen LogP contribution in [0.5, 0.6) is 11.5 Å². The highest BCUT2D eigenvalue weighted by molar-refractivity contribution is 7.98. The Balaban J connectivity index is 2.39. The van der Waals surface area contributed by atoms with Crippen molar-refractivity contribution in [2.24, 2.45) is 4.99 Å². The number of aliphatic carboxylic acids is 1. The fourth-order valence-electron chi connectivity index (χ4n) is 2.02. The number of rotatable bonds is 7. The Labute approximate surface area is 145 Å². The lowest BCUT2D eigenvalue weighted by Gasteiger charge is -2.15. The zero-order valence-corrected chi connectivity index (χ0v) is 14.5. The van der Waals surface area contributed by atoms with Crippen LogP contribution in [-0.2, 0) is 4.79 Å². The number of benzene rings is 2. The van der Waals surface area contributed by atoms with E-state index in [-0.39, 0.29) is 0 Å². The summed E-state index contributed by atoms with van der Waals surface area (Å²) >= 11 is 1.61. The van der Waals surface area contributed by atoms with Crippen molar-refractivity contribution in [2.45, 2.75) is 17.9 Å². The first-order valence-electron chi connectivity index (χ1n) is 7.30. The van der Waals surface area contributed by atoms with E-state index in [1.54, 1.807) is 36.2 Å². The van der Waals surface area contributed by atoms with Crippen molar-refractivity contribution in [3.63, 3.8) is 0 Å². The van der Waals surface area contributed by atoms with E-state index in [4.69, 9.17) is 14.6 Å². The Kier molecular flexibility index (Phi) is 6.26. The molecule has 1 atom stereocenters. The summed E-state index contributed by atoms with van der Waals surface area (Å²) in [6.45, 7) is 1.47. The maximum Gasteiger partial charge on any atom is 0.344 e. The molecule has 1 N–H and O–H groups in total. The second kappa shape index (κ2) is 8.40. The van der Waals surface area contributed by atoms with Crippen molar-refractivity contribution in [1.82, 2.24) is 0 Å². The number of para-hydroxylation sites is 2. The second-order valence-corrected chi connectivity index (χ2v) is 5.76. The first-order valence-corrected chi connectivity index (χ1v) is 8.52. The van der Waals surface area contributed by atoms with E-state index in [0.29, 0.717) is 17.1 Å². The Morgan fingerprint density at radius 1 is 1.25 bits per heavy atom. The molecule has 0 unspecified atom stereocenters. The smallest absolute Gasteiger partial charge is 0.344 e. The van der Waals surface area contributed by atoms with Crippen LogP contribution in [0.3, 0.4) is 0 Å². The van der Waals surface area contributed by atoms with Gasteiger partial charge in [0.25, 0.3) is 0 Å². The van der Waals surface area contributed by atoms with Gasteiger partial charge >= 0.3 is 5.97 Å². The fraction of sp³-hybridized carbons (Fsp3) is 0.222. The van der Waals surface area contributed by atoms with Crippen LogP contribution in [0.15, 0.2) is 52.4 Å². The standard InChI is InChI=1S/C18H19NO4S/c1-12(18(20)21)23-17-13(7-6-9-15(17)22-2)11-19-14-8-4-5-10-16(14)24-3/h4-12H,1-3H3,(H,20,21)/t12-/m0/s1. The first kappa shape index (κ1) is 17.9. The Morgan fingerprint density at radius 3 is 2.67 bits per heavy atom. The van der Waals surface area contributed by atoms with Gasteiger partial charge < -0.3 is 14.6 Å². The van der Waals surface area contributed by atoms with Crippen LogP contribution in [0, 0.1) is 0 Å². The van der Waals surface area contributed by atoms with Crippen molar-refractivity contribution in [1.29, 1.82) is 0 Å². The maximum absolute atomic E-state index is 11.1. The second-order valence-electron chi connectivity index (χ2n) is 4.91. The third-order valence-electron chi connectivity index (χ3n) is 3.30. The third kappa shape index (κ3) is 4.29. The van der Waals surface area contributed by atoms with Crippen molar-refractivity contribution < 1.29 is 19.4 Å². The highest BCUT2D eigenvalue weighted by Gasteiger charge is 2.17. The van der Waals surface area contributed by atoms with E-state index < -0.39 is 12.1 Å². The lowest BCUT2D eigenvalue weighted by Crippen LogP contribution is -2.23. The zero-order chi connectivity index (χ0) is 17.5. The molecule has 0 saturated heterocycles. The van der Waals surface area contributed by atoms with Gasteiger partial charge in [0, 0.05) is 16.7 Å². The number of carbonyl (C=O) groups is 1. The van der Waals surface area contributed by atoms with Crippen molar-refractivity contribution in [3.05, 3.63) is 48.0 Å². The lowest BCUT2D eigenvalue weighted by atomic mass is 10.2. The molecule has 0 aromatic heterocycles. The molecule has 0 aliphatic carbocycles. The van der Waals surface area contributed by atoms with Crippen LogP contribution >= 0.6 is 11.8 Å². The van der Waals surface area contributed by atoms with Crippen LogP contribution in [0.2, 0.25) is 0 Å². The van der Waals surface area contributed by atoms with Gasteiger partial charge in [0.1, 0.15) is 0 Å². The van der Waals surface area contributed by atoms with Crippen LogP contribution in [0.4, 0.5) is 5.69 Å². The maximum atomic E-state index is 11.1. The molecule has 0 fully saturated rings. The van der Waals surface area contributed by atoms with Crippen molar-refractivity contribution in [2.75, 3.05) is 13.4 Å². The Hall–Kier alpha value is -2.47. The topological polar surface area (TPSA) is 68.1 Å². The quantitative estimate of drug-likeness (QED) is 0.606. The van der Waals surface area contributed by atoms with Crippen LogP contribution in [-0.4, -0.2) is 36.8 Å². The van der Waals surface area contributed by atoms with Crippen LogP contribution in [0.1, 0.15) is 12.5 Å². The minimum Gasteiger partial charge on any atom is -0.493 e. The van der Waals surface area contributed by atoms with Gasteiger partial charge in [0.05, 0.1) is 12.8 Å². The number of aliphatic imine (C=N–C) groups is 1. The fourth-order valence-corrected chi connectivity index (χ4v) is 2.57. The van der Waals surface area contributed by atoms with E-state index in [0.717, 1.165) is 10.6 Å². The molecule has 126 valence electrons. The molecule has 0 aliphatic rings. The lowest BCUT2D eigenvalue weighted by molar-refractivity contribution is -0.144. The molecule has 0 radical (unpaired) electrons. The number of ether oxygens (including phenoxy) is 2. The number of hydrogen-bond acceptors (Lipinski definition) is 5. The van der Waals surface area contributed by atoms with E-state index in [9.17, 15) is 4.79 Å². The summed E-state index contributed by atoms with van der Waals surface area (Å²) in [5.41, 5.74) is 1.49. The van der Waals surface area contributed by atoms with Gasteiger partial charge in [-0.05, 0) is 37.4 Å². The van der Waals surface area contributed by atoms with Gasteiger partial charge in [-0.2, -0.15) is 0 Å². The molecule has 2 aromatic carbocycles. The number of methoxy groups -OCH3 is 1. The number of thioether (sulfide) groups is 1. The van der Waals surface area contributed by atoms with E-state index in [1.165, 1.54) is 14.0 Å². The van der Waals surface area contributed by atoms with Gasteiger partial charge in [0.15, 0.2) is 17.6 Å². The summed E-state index contributed by atoms with van der Waals surface area (Å²) in [4.78, 5) is 16.6. The van der Waals surface area contributed by atoms with Crippen LogP contribution in [0.25, 0.3) is 0 Å². The van der Waals surface area contributed by atoms with Gasteiger partial charge in [-0.15, -0.1) is 11.8 Å². The van der Waals surface area contributed by atoms with Crippen molar-refractivity contribution >= 4 is 29.6 Å². The minimum absolute atomic E-state index is 0.361. The minimum atomic E-state index is -1.04. The van der Waals surface area contributed by atoms with Crippen molar-refractivity contribution in [3.8, 4) is 11.5 Å². The average Bonchev–Trinajstić information content (AvgIpc) is 2.60. The van der Waals surface area contributed by atoms with E-state index >= 15 is 0 Å². The molecule has 0 bridgehead atoms. The summed E-state index contributed by atoms with van der Waals surface area (Å²) in [5, 5.41) is 9.07. The number of nitrogens with zero attached hydrogens (tertiary/aromatic N) is 1. The predicted molar refractivity (Wildman–Crippen MR) is 96.2 cm³/mol. The highest BCUT2D eigenvalue weighted by atomic mass is 32.2. The SMILES string of the molecule is COc1cccc(C=Nc2ccccc2SC)c1O[C@@H](C)C(=O)O. The summed E-state index contributed by atoms with van der Waals surface area (Å²) in [7, 11) is 1.51. The predicted octanol–water partition coefficient (Wildman–Crippen LogP) is 4.02. The molecule has 0 heterocycles. The van der Waals surface area contributed by atoms with Gasteiger partial charge in [0.2, 0.25) is 0 Å². The summed E-state index contributed by atoms with van der Waals surface area (Å²) < 4.78 is 10.8. The number of carboxylic acids is 1. The van der Waals surface area contributed by atoms with Crippen LogP contribution < -0.4 is 9.47 Å². The average molecular weight is 345 g/mol. The van der Waals surface area contributed by atoms with E-state index in [2.05, 4.69) is 4.99 Å². The zero-order valence-electron chi connectivity index (χ0n) is 13.7. The molecule has 0 spiro atoms. The molecule has 0 amide bonds. The summed E-state index contributed by atoms with van der Waals surface area (Å²) in [6, 6.07) is 13.1. The summed E-state index contributed by atoms with van der Waals surface area (Å²) in [6.07, 6.45) is 2.65. The molecular weight excluding hydrogens is 326 g/mol. The van der Waals surface area contributed by atoms with E-state index in [1.807, 2.05) is 30.5 Å². The van der Waals surface area contributed by atoms with Gasteiger partial charge in [-0.25, -0.2) is 4.79 Å². The monoisotopic (exact) mass is 345 g/mol. The van der Waals surface area contributed by atoms with Gasteiger partial charge in [-0.1, -0.05) is 18.2 Å². The van der Waals surface area contributed by atoms with Gasteiger partial charge in [-0.3, -0.25) is 4.99 Å². The Morgan fingerprint density at radius 2 is 2.00 bits per heavy atom. The molecule has 2 aromatic rings. The molecule has 0 aliphatic heterocycles. The molecule has 24 heavy (non-hydrogen) atoms. The molecular formula is C18H19NO4S. The largest absolute Gasteiger partial charge is 0.493 e. The number of hydrogen-bond donors (Lipinski definition) is 1. The normalized spacial score (nSPS) is 12.1. The first-order chi connectivity index (χ1) is 11.6. The Bertz CT molecular complexity index is 746. The molecule has 6 heteroatoms. The third-order valence-corrected chi connectivity index (χ3v) is 4.08. The molecule has 2 rings (SSSR count).